The molecule has 1 aliphatic heterocycles. The summed E-state index contributed by atoms with van der Waals surface area (Å²) >= 11 is 1.74. The van der Waals surface area contributed by atoms with Crippen LogP contribution in [0.3, 0.4) is 0 Å². The Labute approximate surface area is 121 Å². The molecule has 4 heteroatoms. The quantitative estimate of drug-likeness (QED) is 0.831. The summed E-state index contributed by atoms with van der Waals surface area (Å²) in [4.78, 5) is 3.35. The van der Waals surface area contributed by atoms with Crippen LogP contribution in [0.5, 0.6) is 0 Å². The molecule has 2 nitrogen and oxygen atoms in total. The van der Waals surface area contributed by atoms with E-state index in [-0.39, 0.29) is 5.56 Å². The van der Waals surface area contributed by atoms with E-state index < -0.39 is 5.82 Å². The first-order valence-corrected chi connectivity index (χ1v) is 7.34. The molecule has 0 N–H and O–H groups in total. The second kappa shape index (κ2) is 5.48. The molecule has 0 amide bonds. The summed E-state index contributed by atoms with van der Waals surface area (Å²) in [6.07, 6.45) is 3.09. The highest BCUT2D eigenvalue weighted by Gasteiger charge is 2.18. The van der Waals surface area contributed by atoms with Gasteiger partial charge in [0.2, 0.25) is 0 Å². The Morgan fingerprint density at radius 1 is 1.25 bits per heavy atom. The zero-order valence-corrected chi connectivity index (χ0v) is 11.7. The second-order valence-electron chi connectivity index (χ2n) is 4.65. The topological polar surface area (TPSA) is 27.0 Å². The normalized spacial score (nSPS) is 14.8. The molecule has 0 radical (unpaired) electrons. The van der Waals surface area contributed by atoms with Crippen LogP contribution in [0.15, 0.2) is 41.8 Å². The maximum absolute atomic E-state index is 13.6. The minimum Gasteiger partial charge on any atom is -0.366 e. The van der Waals surface area contributed by atoms with Gasteiger partial charge in [-0.25, -0.2) is 4.39 Å². The number of benzene rings is 1. The van der Waals surface area contributed by atoms with E-state index in [0.717, 1.165) is 13.0 Å². The van der Waals surface area contributed by atoms with Crippen LogP contribution in [0.1, 0.15) is 16.9 Å². The van der Waals surface area contributed by atoms with Gasteiger partial charge in [-0.15, -0.1) is 11.3 Å². The molecule has 20 heavy (non-hydrogen) atoms. The molecule has 0 atom stereocenters. The fourth-order valence-electron chi connectivity index (χ4n) is 2.46. The van der Waals surface area contributed by atoms with Gasteiger partial charge in [-0.1, -0.05) is 18.2 Å². The molecule has 0 saturated heterocycles. The van der Waals surface area contributed by atoms with Crippen LogP contribution in [-0.2, 0) is 0 Å². The Morgan fingerprint density at radius 2 is 2.15 bits per heavy atom. The summed E-state index contributed by atoms with van der Waals surface area (Å²) in [6, 6.07) is 10.9. The lowest BCUT2D eigenvalue weighted by Gasteiger charge is -2.29. The molecule has 0 bridgehead atoms. The van der Waals surface area contributed by atoms with Crippen molar-refractivity contribution in [2.75, 3.05) is 18.0 Å². The molecular formula is C16H13FN2S. The van der Waals surface area contributed by atoms with E-state index in [1.54, 1.807) is 17.4 Å². The number of nitrogens with zero attached hydrogens (tertiary/aromatic N) is 2. The predicted molar refractivity (Wildman–Crippen MR) is 80.2 cm³/mol. The molecule has 1 aromatic carbocycles. The largest absolute Gasteiger partial charge is 0.366 e. The molecule has 1 aliphatic rings. The molecular weight excluding hydrogens is 271 g/mol. The highest BCUT2D eigenvalue weighted by molar-refractivity contribution is 7.11. The van der Waals surface area contributed by atoms with Crippen molar-refractivity contribution in [3.8, 4) is 6.07 Å². The Kier molecular flexibility index (Phi) is 3.53. The van der Waals surface area contributed by atoms with Crippen LogP contribution in [-0.4, -0.2) is 13.1 Å². The van der Waals surface area contributed by atoms with Crippen LogP contribution >= 0.6 is 11.3 Å². The highest BCUT2D eigenvalue weighted by Crippen LogP contribution is 2.30. The summed E-state index contributed by atoms with van der Waals surface area (Å²) in [5.41, 5.74) is 2.17. The number of anilines is 1. The Bertz CT molecular complexity index is 683. The number of halogens is 1. The monoisotopic (exact) mass is 284 g/mol. The van der Waals surface area contributed by atoms with Crippen molar-refractivity contribution in [2.24, 2.45) is 0 Å². The fraction of sp³-hybridized carbons (Fsp3) is 0.188. The number of hydrogen-bond acceptors (Lipinski definition) is 3. The zero-order valence-electron chi connectivity index (χ0n) is 10.8. The summed E-state index contributed by atoms with van der Waals surface area (Å²) in [6.45, 7) is 1.52. The molecule has 0 aliphatic carbocycles. The van der Waals surface area contributed by atoms with Gasteiger partial charge in [0.15, 0.2) is 0 Å². The van der Waals surface area contributed by atoms with Gasteiger partial charge in [0.1, 0.15) is 17.4 Å². The molecule has 2 aromatic rings. The number of hydrogen-bond donors (Lipinski definition) is 0. The van der Waals surface area contributed by atoms with Crippen molar-refractivity contribution >= 4 is 22.6 Å². The molecule has 0 fully saturated rings. The van der Waals surface area contributed by atoms with Crippen molar-refractivity contribution in [1.29, 1.82) is 5.26 Å². The van der Waals surface area contributed by atoms with Crippen LogP contribution in [0.2, 0.25) is 0 Å². The first-order chi connectivity index (χ1) is 9.79. The van der Waals surface area contributed by atoms with E-state index in [4.69, 9.17) is 5.26 Å². The van der Waals surface area contributed by atoms with Crippen LogP contribution in [0.25, 0.3) is 5.57 Å². The van der Waals surface area contributed by atoms with Crippen molar-refractivity contribution < 1.29 is 4.39 Å². The molecule has 3 rings (SSSR count). The van der Waals surface area contributed by atoms with E-state index in [9.17, 15) is 4.39 Å². The highest BCUT2D eigenvalue weighted by atomic mass is 32.1. The van der Waals surface area contributed by atoms with Crippen LogP contribution < -0.4 is 4.90 Å². The molecule has 0 saturated carbocycles. The molecule has 2 heterocycles. The molecule has 0 spiro atoms. The van der Waals surface area contributed by atoms with Gasteiger partial charge < -0.3 is 4.90 Å². The molecule has 1 aromatic heterocycles. The molecule has 100 valence electrons. The standard InChI is InChI=1S/C16H13FN2S/c17-14-3-1-4-15(13(14)11-18)19-8-6-12(7-9-19)16-5-2-10-20-16/h1-6,10H,7-9H2. The van der Waals surface area contributed by atoms with Gasteiger partial charge in [-0.3, -0.25) is 0 Å². The smallest absolute Gasteiger partial charge is 0.143 e. The van der Waals surface area contributed by atoms with Gasteiger partial charge in [0, 0.05) is 18.0 Å². The van der Waals surface area contributed by atoms with E-state index in [0.29, 0.717) is 12.2 Å². The van der Waals surface area contributed by atoms with Gasteiger partial charge in [-0.05, 0) is 35.6 Å². The van der Waals surface area contributed by atoms with Gasteiger partial charge in [-0.2, -0.15) is 5.26 Å². The van der Waals surface area contributed by atoms with Crippen LogP contribution in [0, 0.1) is 17.1 Å². The predicted octanol–water partition coefficient (Wildman–Crippen LogP) is 4.05. The maximum atomic E-state index is 13.6. The SMILES string of the molecule is N#Cc1c(F)cccc1N1CC=C(c2cccs2)CC1. The van der Waals surface area contributed by atoms with E-state index in [2.05, 4.69) is 22.4 Å². The Hall–Kier alpha value is -2.12. The van der Waals surface area contributed by atoms with Gasteiger partial charge in [0.05, 0.1) is 5.69 Å². The summed E-state index contributed by atoms with van der Waals surface area (Å²) < 4.78 is 13.6. The lowest BCUT2D eigenvalue weighted by Crippen LogP contribution is -2.29. The summed E-state index contributed by atoms with van der Waals surface area (Å²) in [5.74, 6) is -0.446. The van der Waals surface area contributed by atoms with Crippen molar-refractivity contribution in [3.63, 3.8) is 0 Å². The van der Waals surface area contributed by atoms with E-state index >= 15 is 0 Å². The number of thiophene rings is 1. The third-order valence-electron chi connectivity index (χ3n) is 3.49. The van der Waals surface area contributed by atoms with Crippen molar-refractivity contribution in [1.82, 2.24) is 0 Å². The first kappa shape index (κ1) is 12.9. The average Bonchev–Trinajstić information content (AvgIpc) is 3.01. The second-order valence-corrected chi connectivity index (χ2v) is 5.60. The zero-order chi connectivity index (χ0) is 13.9. The van der Waals surface area contributed by atoms with Gasteiger partial charge in [0.25, 0.3) is 0 Å². The van der Waals surface area contributed by atoms with Crippen LogP contribution in [0.4, 0.5) is 10.1 Å². The van der Waals surface area contributed by atoms with Crippen molar-refractivity contribution in [3.05, 3.63) is 58.0 Å². The number of rotatable bonds is 2. The van der Waals surface area contributed by atoms with Crippen molar-refractivity contribution in [2.45, 2.75) is 6.42 Å². The Balaban J connectivity index is 1.86. The van der Waals surface area contributed by atoms with Gasteiger partial charge >= 0.3 is 0 Å². The Morgan fingerprint density at radius 3 is 2.80 bits per heavy atom. The third-order valence-corrected chi connectivity index (χ3v) is 4.44. The minimum atomic E-state index is -0.446. The summed E-state index contributed by atoms with van der Waals surface area (Å²) in [5, 5.41) is 11.2. The lowest BCUT2D eigenvalue weighted by atomic mass is 10.0. The first-order valence-electron chi connectivity index (χ1n) is 6.46. The fourth-order valence-corrected chi connectivity index (χ4v) is 3.26. The molecule has 0 unspecified atom stereocenters. The minimum absolute atomic E-state index is 0.139. The number of nitriles is 1. The maximum Gasteiger partial charge on any atom is 0.143 e. The third kappa shape index (κ3) is 2.33. The summed E-state index contributed by atoms with van der Waals surface area (Å²) in [7, 11) is 0. The average molecular weight is 284 g/mol. The lowest BCUT2D eigenvalue weighted by molar-refractivity contribution is 0.622. The van der Waals surface area contributed by atoms with E-state index in [1.807, 2.05) is 18.2 Å². The van der Waals surface area contributed by atoms with E-state index in [1.165, 1.54) is 16.5 Å².